The molecule has 2 rings (SSSR count). The lowest BCUT2D eigenvalue weighted by Crippen LogP contribution is -2.17. The average molecular weight is 282 g/mol. The Bertz CT molecular complexity index is 524. The van der Waals surface area contributed by atoms with Gasteiger partial charge in [0.05, 0.1) is 17.0 Å². The maximum atomic E-state index is 9.78. The molecule has 0 aliphatic heterocycles. The van der Waals surface area contributed by atoms with E-state index < -0.39 is 6.10 Å². The molecule has 0 unspecified atom stereocenters. The van der Waals surface area contributed by atoms with Crippen molar-refractivity contribution in [2.75, 3.05) is 11.9 Å². The molecule has 0 saturated heterocycles. The molecule has 0 saturated carbocycles. The van der Waals surface area contributed by atoms with Gasteiger partial charge in [-0.2, -0.15) is 0 Å². The highest BCUT2D eigenvalue weighted by atomic mass is 35.5. The lowest BCUT2D eigenvalue weighted by molar-refractivity contribution is 0.199. The van der Waals surface area contributed by atoms with Gasteiger partial charge in [-0.1, -0.05) is 29.8 Å². The Morgan fingerprint density at radius 2 is 2.00 bits per heavy atom. The molecule has 1 aromatic carbocycles. The van der Waals surface area contributed by atoms with Crippen LogP contribution >= 0.6 is 22.9 Å². The summed E-state index contributed by atoms with van der Waals surface area (Å²) in [7, 11) is 2.02. The molecule has 1 heterocycles. The predicted octanol–water partition coefficient (Wildman–Crippen LogP) is 4.09. The largest absolute Gasteiger partial charge is 0.389 e. The third-order valence-electron chi connectivity index (χ3n) is 2.82. The number of thiophene rings is 1. The minimum atomic E-state index is -0.462. The quantitative estimate of drug-likeness (QED) is 0.912. The lowest BCUT2D eigenvalue weighted by Gasteiger charge is -2.23. The monoisotopic (exact) mass is 281 g/mol. The normalized spacial score (nSPS) is 12.4. The number of para-hydroxylation sites is 1. The van der Waals surface area contributed by atoms with Crippen LogP contribution in [0.25, 0.3) is 0 Å². The van der Waals surface area contributed by atoms with E-state index in [4.69, 9.17) is 11.6 Å². The van der Waals surface area contributed by atoms with Crippen molar-refractivity contribution in [3.05, 3.63) is 51.2 Å². The maximum Gasteiger partial charge on any atom is 0.0931 e. The number of rotatable bonds is 4. The SMILES string of the molecule is C[C@@H](O)c1ccccc1N(C)Cc1ccc(Cl)s1. The summed E-state index contributed by atoms with van der Waals surface area (Å²) in [6.07, 6.45) is -0.462. The Hall–Kier alpha value is -1.03. The molecule has 1 aromatic heterocycles. The first-order chi connectivity index (χ1) is 8.58. The van der Waals surface area contributed by atoms with E-state index in [-0.39, 0.29) is 0 Å². The van der Waals surface area contributed by atoms with E-state index in [1.54, 1.807) is 18.3 Å². The van der Waals surface area contributed by atoms with Gasteiger partial charge in [0.2, 0.25) is 0 Å². The Kier molecular flexibility index (Phi) is 4.27. The summed E-state index contributed by atoms with van der Waals surface area (Å²) in [6.45, 7) is 2.58. The summed E-state index contributed by atoms with van der Waals surface area (Å²) in [5, 5.41) is 9.78. The molecule has 2 nitrogen and oxygen atoms in total. The summed E-state index contributed by atoms with van der Waals surface area (Å²) < 4.78 is 0.808. The van der Waals surface area contributed by atoms with E-state index in [9.17, 15) is 5.11 Å². The van der Waals surface area contributed by atoms with Gasteiger partial charge in [0.1, 0.15) is 0 Å². The number of aliphatic hydroxyl groups excluding tert-OH is 1. The van der Waals surface area contributed by atoms with Gasteiger partial charge >= 0.3 is 0 Å². The van der Waals surface area contributed by atoms with Gasteiger partial charge in [-0.05, 0) is 25.1 Å². The Balaban J connectivity index is 2.20. The molecule has 96 valence electrons. The van der Waals surface area contributed by atoms with Gasteiger partial charge in [0.15, 0.2) is 0 Å². The lowest BCUT2D eigenvalue weighted by atomic mass is 10.1. The molecule has 4 heteroatoms. The van der Waals surface area contributed by atoms with Crippen LogP contribution in [-0.2, 0) is 6.54 Å². The van der Waals surface area contributed by atoms with Crippen molar-refractivity contribution in [2.45, 2.75) is 19.6 Å². The molecule has 0 aliphatic carbocycles. The van der Waals surface area contributed by atoms with Crippen molar-refractivity contribution in [1.82, 2.24) is 0 Å². The van der Waals surface area contributed by atoms with Crippen LogP contribution in [0, 0.1) is 0 Å². The van der Waals surface area contributed by atoms with Crippen molar-refractivity contribution in [2.24, 2.45) is 0 Å². The van der Waals surface area contributed by atoms with Crippen LogP contribution in [0.5, 0.6) is 0 Å². The van der Waals surface area contributed by atoms with E-state index in [1.165, 1.54) is 4.88 Å². The van der Waals surface area contributed by atoms with Gasteiger partial charge in [0.25, 0.3) is 0 Å². The van der Waals surface area contributed by atoms with Crippen molar-refractivity contribution in [3.8, 4) is 0 Å². The predicted molar refractivity (Wildman–Crippen MR) is 78.5 cm³/mol. The summed E-state index contributed by atoms with van der Waals surface area (Å²) >= 11 is 7.52. The first-order valence-electron chi connectivity index (χ1n) is 5.80. The van der Waals surface area contributed by atoms with Gasteiger partial charge in [-0.3, -0.25) is 0 Å². The zero-order valence-electron chi connectivity index (χ0n) is 10.4. The summed E-state index contributed by atoms with van der Waals surface area (Å²) in [6, 6.07) is 11.9. The fourth-order valence-electron chi connectivity index (χ4n) is 1.94. The fourth-order valence-corrected chi connectivity index (χ4v) is 3.09. The third kappa shape index (κ3) is 3.05. The zero-order chi connectivity index (χ0) is 13.1. The van der Waals surface area contributed by atoms with Crippen molar-refractivity contribution in [1.29, 1.82) is 0 Å². The first-order valence-corrected chi connectivity index (χ1v) is 6.99. The highest BCUT2D eigenvalue weighted by Gasteiger charge is 2.11. The smallest absolute Gasteiger partial charge is 0.0931 e. The van der Waals surface area contributed by atoms with Crippen molar-refractivity contribution in [3.63, 3.8) is 0 Å². The third-order valence-corrected chi connectivity index (χ3v) is 4.04. The number of benzene rings is 1. The second-order valence-electron chi connectivity index (χ2n) is 4.30. The van der Waals surface area contributed by atoms with Crippen LogP contribution in [0.3, 0.4) is 0 Å². The van der Waals surface area contributed by atoms with Crippen LogP contribution in [-0.4, -0.2) is 12.2 Å². The van der Waals surface area contributed by atoms with Crippen LogP contribution < -0.4 is 4.90 Å². The second kappa shape index (κ2) is 5.74. The number of halogens is 1. The highest BCUT2D eigenvalue weighted by molar-refractivity contribution is 7.16. The molecule has 0 bridgehead atoms. The minimum absolute atomic E-state index is 0.462. The topological polar surface area (TPSA) is 23.5 Å². The van der Waals surface area contributed by atoms with E-state index in [0.717, 1.165) is 22.1 Å². The number of nitrogens with zero attached hydrogens (tertiary/aromatic N) is 1. The van der Waals surface area contributed by atoms with E-state index in [2.05, 4.69) is 4.90 Å². The van der Waals surface area contributed by atoms with Crippen LogP contribution in [0.15, 0.2) is 36.4 Å². The highest BCUT2D eigenvalue weighted by Crippen LogP contribution is 2.28. The molecule has 0 spiro atoms. The van der Waals surface area contributed by atoms with Gasteiger partial charge in [-0.25, -0.2) is 0 Å². The van der Waals surface area contributed by atoms with Crippen LogP contribution in [0.4, 0.5) is 5.69 Å². The number of anilines is 1. The van der Waals surface area contributed by atoms with Gasteiger partial charge < -0.3 is 10.0 Å². The Labute approximate surface area is 116 Å². The fraction of sp³-hybridized carbons (Fsp3) is 0.286. The summed E-state index contributed by atoms with van der Waals surface area (Å²) in [4.78, 5) is 3.34. The van der Waals surface area contributed by atoms with Crippen LogP contribution in [0.1, 0.15) is 23.5 Å². The number of aliphatic hydroxyl groups is 1. The number of hydrogen-bond donors (Lipinski definition) is 1. The van der Waals surface area contributed by atoms with Crippen molar-refractivity contribution < 1.29 is 5.11 Å². The van der Waals surface area contributed by atoms with Crippen molar-refractivity contribution >= 4 is 28.6 Å². The van der Waals surface area contributed by atoms with E-state index >= 15 is 0 Å². The Morgan fingerprint density at radius 1 is 1.28 bits per heavy atom. The van der Waals surface area contributed by atoms with E-state index in [0.29, 0.717) is 0 Å². The molecule has 18 heavy (non-hydrogen) atoms. The van der Waals surface area contributed by atoms with Gasteiger partial charge in [0, 0.05) is 23.2 Å². The molecule has 0 radical (unpaired) electrons. The zero-order valence-corrected chi connectivity index (χ0v) is 12.0. The molecular formula is C14H16ClNOS. The molecule has 0 aliphatic rings. The standard InChI is InChI=1S/C14H16ClNOS/c1-10(17)12-5-3-4-6-13(12)16(2)9-11-7-8-14(15)18-11/h3-8,10,17H,9H2,1-2H3/t10-/m1/s1. The van der Waals surface area contributed by atoms with Gasteiger partial charge in [-0.15, -0.1) is 11.3 Å². The minimum Gasteiger partial charge on any atom is -0.389 e. The molecule has 1 atom stereocenters. The van der Waals surface area contributed by atoms with E-state index in [1.807, 2.05) is 43.4 Å². The molecule has 1 N–H and O–H groups in total. The van der Waals surface area contributed by atoms with Crippen LogP contribution in [0.2, 0.25) is 4.34 Å². The first kappa shape index (κ1) is 13.4. The average Bonchev–Trinajstić information content (AvgIpc) is 2.74. The number of hydrogen-bond acceptors (Lipinski definition) is 3. The Morgan fingerprint density at radius 3 is 2.61 bits per heavy atom. The molecular weight excluding hydrogens is 266 g/mol. The molecule has 0 amide bonds. The second-order valence-corrected chi connectivity index (χ2v) is 6.10. The summed E-state index contributed by atoms with van der Waals surface area (Å²) in [5.41, 5.74) is 2.00. The maximum absolute atomic E-state index is 9.78. The molecule has 0 fully saturated rings. The summed E-state index contributed by atoms with van der Waals surface area (Å²) in [5.74, 6) is 0. The molecule has 2 aromatic rings.